The summed E-state index contributed by atoms with van der Waals surface area (Å²) in [5.41, 5.74) is 1.35. The van der Waals surface area contributed by atoms with Crippen LogP contribution in [0, 0.1) is 12.8 Å². The highest BCUT2D eigenvalue weighted by atomic mass is 32.2. The Bertz CT molecular complexity index is 732. The lowest BCUT2D eigenvalue weighted by Crippen LogP contribution is -2.41. The molecule has 0 radical (unpaired) electrons. The molecule has 2 aliphatic heterocycles. The second-order valence-electron chi connectivity index (χ2n) is 6.47. The number of hydrogen-bond acceptors (Lipinski definition) is 6. The quantitative estimate of drug-likeness (QED) is 0.854. The fraction of sp³-hybridized carbons (Fsp3) is 0.667. The maximum atomic E-state index is 12.0. The van der Waals surface area contributed by atoms with E-state index in [1.54, 1.807) is 6.92 Å². The number of anilines is 1. The zero-order chi connectivity index (χ0) is 16.6. The Balaban J connectivity index is 1.90. The number of amides is 1. The van der Waals surface area contributed by atoms with E-state index in [9.17, 15) is 13.2 Å². The van der Waals surface area contributed by atoms with Crippen LogP contribution in [-0.4, -0.2) is 55.9 Å². The van der Waals surface area contributed by atoms with Crippen molar-refractivity contribution in [3.63, 3.8) is 0 Å². The third-order valence-electron chi connectivity index (χ3n) is 4.33. The highest BCUT2D eigenvalue weighted by molar-refractivity contribution is 7.90. The highest BCUT2D eigenvalue weighted by Gasteiger charge is 2.29. The van der Waals surface area contributed by atoms with Gasteiger partial charge in [0.05, 0.1) is 5.75 Å². The molecule has 8 heteroatoms. The topological polar surface area (TPSA) is 92.3 Å². The van der Waals surface area contributed by atoms with Crippen LogP contribution in [-0.2, 0) is 16.3 Å². The number of hydrogen-bond donors (Lipinski definition) is 1. The van der Waals surface area contributed by atoms with Crippen LogP contribution in [0.5, 0.6) is 0 Å². The normalized spacial score (nSPS) is 21.7. The van der Waals surface area contributed by atoms with Gasteiger partial charge in [-0.1, -0.05) is 0 Å². The van der Waals surface area contributed by atoms with Gasteiger partial charge in [-0.2, -0.15) is 0 Å². The first-order chi connectivity index (χ1) is 10.8. The predicted molar refractivity (Wildman–Crippen MR) is 87.5 cm³/mol. The molecule has 1 atom stereocenters. The van der Waals surface area contributed by atoms with Crippen LogP contribution >= 0.6 is 0 Å². The highest BCUT2D eigenvalue weighted by Crippen LogP contribution is 2.28. The van der Waals surface area contributed by atoms with Crippen LogP contribution in [0.3, 0.4) is 0 Å². The van der Waals surface area contributed by atoms with E-state index in [0.717, 1.165) is 30.8 Å². The number of carbonyl (C=O) groups excluding carboxylic acids is 1. The van der Waals surface area contributed by atoms with Crippen molar-refractivity contribution in [1.82, 2.24) is 15.3 Å². The Hall–Kier alpha value is -1.70. The van der Waals surface area contributed by atoms with Crippen LogP contribution in [0.1, 0.15) is 34.7 Å². The van der Waals surface area contributed by atoms with Gasteiger partial charge in [-0.05, 0) is 32.1 Å². The molecule has 3 heterocycles. The van der Waals surface area contributed by atoms with Crippen LogP contribution in [0.15, 0.2) is 0 Å². The molecule has 0 aliphatic carbocycles. The molecule has 2 aliphatic rings. The molecule has 0 saturated carbocycles. The van der Waals surface area contributed by atoms with Gasteiger partial charge in [0.25, 0.3) is 5.91 Å². The van der Waals surface area contributed by atoms with E-state index >= 15 is 0 Å². The van der Waals surface area contributed by atoms with Crippen LogP contribution < -0.4 is 10.2 Å². The smallest absolute Gasteiger partial charge is 0.270 e. The summed E-state index contributed by atoms with van der Waals surface area (Å²) in [7, 11) is -2.99. The van der Waals surface area contributed by atoms with E-state index in [-0.39, 0.29) is 17.6 Å². The van der Waals surface area contributed by atoms with Crippen molar-refractivity contribution in [1.29, 1.82) is 0 Å². The van der Waals surface area contributed by atoms with Gasteiger partial charge >= 0.3 is 0 Å². The van der Waals surface area contributed by atoms with E-state index in [1.807, 2.05) is 0 Å². The zero-order valence-electron chi connectivity index (χ0n) is 13.5. The van der Waals surface area contributed by atoms with Crippen LogP contribution in [0.4, 0.5) is 5.82 Å². The van der Waals surface area contributed by atoms with Crippen LogP contribution in [0.2, 0.25) is 0 Å². The van der Waals surface area contributed by atoms with E-state index in [0.29, 0.717) is 31.0 Å². The summed E-state index contributed by atoms with van der Waals surface area (Å²) in [6.07, 6.45) is 3.84. The van der Waals surface area contributed by atoms with E-state index in [1.165, 1.54) is 6.26 Å². The summed E-state index contributed by atoms with van der Waals surface area (Å²) in [6.45, 7) is 3.87. The number of fused-ring (bicyclic) bond motifs is 1. The fourth-order valence-electron chi connectivity index (χ4n) is 3.47. The Morgan fingerprint density at radius 3 is 2.87 bits per heavy atom. The Morgan fingerprint density at radius 1 is 1.35 bits per heavy atom. The average Bonchev–Trinajstić information content (AvgIpc) is 2.46. The monoisotopic (exact) mass is 338 g/mol. The molecular weight excluding hydrogens is 316 g/mol. The van der Waals surface area contributed by atoms with Gasteiger partial charge in [-0.15, -0.1) is 0 Å². The molecule has 7 nitrogen and oxygen atoms in total. The standard InChI is InChI=1S/C15H22N4O3S/c1-10-17-13-12(5-6-16-15(13)20)14(18-10)19-7-3-4-11(8-19)9-23(2,21)22/h11H,3-9H2,1-2H3,(H,16,20). The number of nitrogens with one attached hydrogen (secondary N) is 1. The molecule has 0 bridgehead atoms. The lowest BCUT2D eigenvalue weighted by molar-refractivity contribution is 0.0940. The number of rotatable bonds is 3. The number of piperidine rings is 1. The lowest BCUT2D eigenvalue weighted by atomic mass is 9.98. The largest absolute Gasteiger partial charge is 0.356 e. The van der Waals surface area contributed by atoms with Gasteiger partial charge in [0.15, 0.2) is 0 Å². The van der Waals surface area contributed by atoms with Crippen molar-refractivity contribution in [2.24, 2.45) is 5.92 Å². The van der Waals surface area contributed by atoms with Gasteiger partial charge in [0.1, 0.15) is 27.2 Å². The van der Waals surface area contributed by atoms with Crippen molar-refractivity contribution in [3.8, 4) is 0 Å². The molecule has 23 heavy (non-hydrogen) atoms. The van der Waals surface area contributed by atoms with Gasteiger partial charge in [0.2, 0.25) is 0 Å². The summed E-state index contributed by atoms with van der Waals surface area (Å²) in [5, 5.41) is 2.81. The maximum Gasteiger partial charge on any atom is 0.270 e. The van der Waals surface area contributed by atoms with Crippen molar-refractivity contribution in [2.75, 3.05) is 36.5 Å². The van der Waals surface area contributed by atoms with Crippen molar-refractivity contribution in [2.45, 2.75) is 26.2 Å². The van der Waals surface area contributed by atoms with E-state index < -0.39 is 9.84 Å². The minimum Gasteiger partial charge on any atom is -0.356 e. The van der Waals surface area contributed by atoms with Crippen molar-refractivity contribution >= 4 is 21.6 Å². The molecule has 1 aromatic heterocycles. The van der Waals surface area contributed by atoms with E-state index in [4.69, 9.17) is 0 Å². The average molecular weight is 338 g/mol. The summed E-state index contributed by atoms with van der Waals surface area (Å²) >= 11 is 0. The zero-order valence-corrected chi connectivity index (χ0v) is 14.3. The molecule has 1 amide bonds. The predicted octanol–water partition coefficient (Wildman–Crippen LogP) is 0.332. The molecular formula is C15H22N4O3S. The maximum absolute atomic E-state index is 12.0. The second-order valence-corrected chi connectivity index (χ2v) is 8.66. The molecule has 0 spiro atoms. The Kier molecular flexibility index (Phi) is 4.27. The Morgan fingerprint density at radius 2 is 2.13 bits per heavy atom. The molecule has 1 unspecified atom stereocenters. The number of aryl methyl sites for hydroxylation is 1. The number of aromatic nitrogens is 2. The third-order valence-corrected chi connectivity index (χ3v) is 5.41. The van der Waals surface area contributed by atoms with Gasteiger partial charge in [0, 0.05) is 31.5 Å². The minimum absolute atomic E-state index is 0.113. The summed E-state index contributed by atoms with van der Waals surface area (Å²) < 4.78 is 23.2. The summed E-state index contributed by atoms with van der Waals surface area (Å²) in [6, 6.07) is 0. The van der Waals surface area contributed by atoms with Gasteiger partial charge in [-0.25, -0.2) is 18.4 Å². The first-order valence-electron chi connectivity index (χ1n) is 7.92. The second kappa shape index (κ2) is 6.07. The van der Waals surface area contributed by atoms with E-state index in [2.05, 4.69) is 20.2 Å². The third kappa shape index (κ3) is 3.63. The molecule has 3 rings (SSSR count). The summed E-state index contributed by atoms with van der Waals surface area (Å²) in [4.78, 5) is 23.0. The minimum atomic E-state index is -2.99. The van der Waals surface area contributed by atoms with Gasteiger partial charge in [-0.3, -0.25) is 4.79 Å². The van der Waals surface area contributed by atoms with Gasteiger partial charge < -0.3 is 10.2 Å². The molecule has 1 saturated heterocycles. The molecule has 1 N–H and O–H groups in total. The molecule has 0 aromatic carbocycles. The Labute approximate surface area is 136 Å². The number of nitrogens with zero attached hydrogens (tertiary/aromatic N) is 3. The molecule has 1 fully saturated rings. The molecule has 1 aromatic rings. The SMILES string of the molecule is Cc1nc2c(c(N3CCCC(CS(C)(=O)=O)C3)n1)CCNC2=O. The van der Waals surface area contributed by atoms with Crippen molar-refractivity contribution in [3.05, 3.63) is 17.1 Å². The van der Waals surface area contributed by atoms with Crippen molar-refractivity contribution < 1.29 is 13.2 Å². The summed E-state index contributed by atoms with van der Waals surface area (Å²) in [5.74, 6) is 1.54. The first kappa shape index (κ1) is 16.2. The first-order valence-corrected chi connectivity index (χ1v) is 9.98. The number of sulfone groups is 1. The number of carbonyl (C=O) groups is 1. The lowest BCUT2D eigenvalue weighted by Gasteiger charge is -2.35. The fourth-order valence-corrected chi connectivity index (χ4v) is 4.60. The molecule has 126 valence electrons. The van der Waals surface area contributed by atoms with Crippen LogP contribution in [0.25, 0.3) is 0 Å².